The number of guanidine groups is 1. The van der Waals surface area contributed by atoms with E-state index in [2.05, 4.69) is 46.6 Å². The zero-order valence-electron chi connectivity index (χ0n) is 15.2. The van der Waals surface area contributed by atoms with Crippen molar-refractivity contribution < 1.29 is 4.79 Å². The number of carbonyl (C=O) groups excluding carboxylic acids is 1. The Labute approximate surface area is 135 Å². The van der Waals surface area contributed by atoms with Crippen molar-refractivity contribution in [1.29, 1.82) is 0 Å². The molecule has 3 N–H and O–H groups in total. The zero-order valence-corrected chi connectivity index (χ0v) is 15.2. The second-order valence-electron chi connectivity index (χ2n) is 7.50. The van der Waals surface area contributed by atoms with E-state index >= 15 is 0 Å². The van der Waals surface area contributed by atoms with Gasteiger partial charge in [-0.2, -0.15) is 0 Å². The first-order valence-electron chi connectivity index (χ1n) is 8.14. The number of nitrogens with zero attached hydrogens (tertiary/aromatic N) is 2. The van der Waals surface area contributed by atoms with Gasteiger partial charge in [0.2, 0.25) is 5.91 Å². The fourth-order valence-electron chi connectivity index (χ4n) is 2.61. The highest BCUT2D eigenvalue weighted by Gasteiger charge is 2.31. The maximum Gasteiger partial charge on any atom is 0.239 e. The first-order chi connectivity index (χ1) is 10.1. The average molecular weight is 311 g/mol. The molecule has 6 heteroatoms. The van der Waals surface area contributed by atoms with Crippen molar-refractivity contribution in [3.05, 3.63) is 0 Å². The normalized spacial score (nSPS) is 23.7. The minimum absolute atomic E-state index is 0.0290. The summed E-state index contributed by atoms with van der Waals surface area (Å²) < 4.78 is 0. The van der Waals surface area contributed by atoms with Crippen molar-refractivity contribution in [2.75, 3.05) is 26.7 Å². The van der Waals surface area contributed by atoms with Crippen molar-refractivity contribution >= 4 is 11.9 Å². The van der Waals surface area contributed by atoms with Crippen LogP contribution in [0.2, 0.25) is 0 Å². The first-order valence-corrected chi connectivity index (χ1v) is 8.14. The van der Waals surface area contributed by atoms with Crippen LogP contribution >= 0.6 is 0 Å². The van der Waals surface area contributed by atoms with E-state index < -0.39 is 0 Å². The third kappa shape index (κ3) is 6.22. The Morgan fingerprint density at radius 2 is 1.95 bits per heavy atom. The second kappa shape index (κ2) is 7.81. The van der Waals surface area contributed by atoms with E-state index in [-0.39, 0.29) is 18.0 Å². The lowest BCUT2D eigenvalue weighted by atomic mass is 10.1. The lowest BCUT2D eigenvalue weighted by Crippen LogP contribution is -2.51. The number of amides is 1. The van der Waals surface area contributed by atoms with E-state index in [0.717, 1.165) is 13.1 Å². The van der Waals surface area contributed by atoms with Crippen LogP contribution in [0.25, 0.3) is 0 Å². The Kier molecular flexibility index (Phi) is 6.66. The standard InChI is InChI=1S/C16H33N5O/c1-11(2)21-9-12(3)13(10-21)19-15(17-7)18-8-14(22)20-16(4,5)6/h11-13H,8-10H2,1-7H3,(H,20,22)(H2,17,18,19). The molecular formula is C16H33N5O. The maximum absolute atomic E-state index is 11.9. The number of hydrogen-bond donors (Lipinski definition) is 3. The van der Waals surface area contributed by atoms with Gasteiger partial charge in [0.05, 0.1) is 6.54 Å². The fourth-order valence-corrected chi connectivity index (χ4v) is 2.61. The molecule has 0 aromatic rings. The molecule has 1 fully saturated rings. The second-order valence-corrected chi connectivity index (χ2v) is 7.50. The molecule has 0 spiro atoms. The number of aliphatic imine (C=N–C) groups is 1. The third-order valence-corrected chi connectivity index (χ3v) is 3.85. The van der Waals surface area contributed by atoms with Gasteiger partial charge in [-0.25, -0.2) is 0 Å². The van der Waals surface area contributed by atoms with Crippen molar-refractivity contribution in [3.63, 3.8) is 0 Å². The molecule has 2 atom stereocenters. The predicted octanol–water partition coefficient (Wildman–Crippen LogP) is 0.795. The van der Waals surface area contributed by atoms with Crippen LogP contribution in [0.15, 0.2) is 4.99 Å². The monoisotopic (exact) mass is 311 g/mol. The number of likely N-dealkylation sites (tertiary alicyclic amines) is 1. The van der Waals surface area contributed by atoms with Crippen LogP contribution in [-0.2, 0) is 4.79 Å². The summed E-state index contributed by atoms with van der Waals surface area (Å²) in [5.74, 6) is 1.22. The van der Waals surface area contributed by atoms with Gasteiger partial charge in [-0.3, -0.25) is 14.7 Å². The first kappa shape index (κ1) is 18.7. The average Bonchev–Trinajstić information content (AvgIpc) is 2.74. The minimum atomic E-state index is -0.215. The summed E-state index contributed by atoms with van der Waals surface area (Å²) in [6, 6.07) is 0.918. The molecule has 0 aromatic heterocycles. The summed E-state index contributed by atoms with van der Waals surface area (Å²) in [6.45, 7) is 14.9. The van der Waals surface area contributed by atoms with E-state index in [1.54, 1.807) is 7.05 Å². The fraction of sp³-hybridized carbons (Fsp3) is 0.875. The number of hydrogen-bond acceptors (Lipinski definition) is 3. The van der Waals surface area contributed by atoms with Crippen LogP contribution in [0.1, 0.15) is 41.5 Å². The highest BCUT2D eigenvalue weighted by molar-refractivity contribution is 5.86. The van der Waals surface area contributed by atoms with E-state index in [4.69, 9.17) is 0 Å². The van der Waals surface area contributed by atoms with E-state index in [9.17, 15) is 4.79 Å². The van der Waals surface area contributed by atoms with Gasteiger partial charge in [0.1, 0.15) is 0 Å². The van der Waals surface area contributed by atoms with Gasteiger partial charge in [0.25, 0.3) is 0 Å². The van der Waals surface area contributed by atoms with Crippen molar-refractivity contribution in [2.24, 2.45) is 10.9 Å². The van der Waals surface area contributed by atoms with E-state index in [1.165, 1.54) is 0 Å². The van der Waals surface area contributed by atoms with Crippen molar-refractivity contribution in [3.8, 4) is 0 Å². The molecule has 0 aliphatic carbocycles. The molecule has 0 aromatic carbocycles. The summed E-state index contributed by atoms with van der Waals surface area (Å²) in [6.07, 6.45) is 0. The van der Waals surface area contributed by atoms with E-state index in [0.29, 0.717) is 24.0 Å². The minimum Gasteiger partial charge on any atom is -0.352 e. The van der Waals surface area contributed by atoms with Crippen LogP contribution in [0.5, 0.6) is 0 Å². The van der Waals surface area contributed by atoms with Crippen LogP contribution in [0.3, 0.4) is 0 Å². The summed E-state index contributed by atoms with van der Waals surface area (Å²) in [5.41, 5.74) is -0.215. The summed E-state index contributed by atoms with van der Waals surface area (Å²) in [7, 11) is 1.73. The Morgan fingerprint density at radius 1 is 1.32 bits per heavy atom. The molecule has 22 heavy (non-hydrogen) atoms. The van der Waals surface area contributed by atoms with Crippen molar-refractivity contribution in [2.45, 2.75) is 59.2 Å². The molecule has 2 unspecified atom stereocenters. The van der Waals surface area contributed by atoms with Crippen LogP contribution < -0.4 is 16.0 Å². The topological polar surface area (TPSA) is 68.8 Å². The van der Waals surface area contributed by atoms with Gasteiger partial charge in [-0.05, 0) is 40.5 Å². The SMILES string of the molecule is CN=C(NCC(=O)NC(C)(C)C)NC1CN(C(C)C)CC1C. The Bertz CT molecular complexity index is 400. The molecule has 1 rings (SSSR count). The molecular weight excluding hydrogens is 278 g/mol. The Morgan fingerprint density at radius 3 is 2.41 bits per heavy atom. The van der Waals surface area contributed by atoms with Crippen LogP contribution in [0.4, 0.5) is 0 Å². The van der Waals surface area contributed by atoms with Gasteiger partial charge in [-0.1, -0.05) is 6.92 Å². The van der Waals surface area contributed by atoms with Gasteiger partial charge < -0.3 is 16.0 Å². The Balaban J connectivity index is 2.45. The quantitative estimate of drug-likeness (QED) is 0.530. The molecule has 0 bridgehead atoms. The molecule has 128 valence electrons. The molecule has 1 aliphatic rings. The molecule has 1 aliphatic heterocycles. The van der Waals surface area contributed by atoms with Gasteiger partial charge in [0.15, 0.2) is 5.96 Å². The molecule has 0 saturated carbocycles. The molecule has 1 heterocycles. The molecule has 6 nitrogen and oxygen atoms in total. The lowest BCUT2D eigenvalue weighted by Gasteiger charge is -2.23. The number of rotatable bonds is 4. The molecule has 0 radical (unpaired) electrons. The van der Waals surface area contributed by atoms with Gasteiger partial charge >= 0.3 is 0 Å². The zero-order chi connectivity index (χ0) is 16.9. The number of carbonyl (C=O) groups is 1. The highest BCUT2D eigenvalue weighted by atomic mass is 16.2. The van der Waals surface area contributed by atoms with E-state index in [1.807, 2.05) is 20.8 Å². The summed E-state index contributed by atoms with van der Waals surface area (Å²) in [4.78, 5) is 18.5. The smallest absolute Gasteiger partial charge is 0.239 e. The van der Waals surface area contributed by atoms with Crippen molar-refractivity contribution in [1.82, 2.24) is 20.9 Å². The number of nitrogens with one attached hydrogen (secondary N) is 3. The highest BCUT2D eigenvalue weighted by Crippen LogP contribution is 2.18. The predicted molar refractivity (Wildman–Crippen MR) is 92.1 cm³/mol. The third-order valence-electron chi connectivity index (χ3n) is 3.85. The Hall–Kier alpha value is -1.30. The largest absolute Gasteiger partial charge is 0.352 e. The van der Waals surface area contributed by atoms with Gasteiger partial charge in [-0.15, -0.1) is 0 Å². The summed E-state index contributed by atoms with van der Waals surface area (Å²) >= 11 is 0. The summed E-state index contributed by atoms with van der Waals surface area (Å²) in [5, 5.41) is 9.46. The molecule has 1 saturated heterocycles. The van der Waals surface area contributed by atoms with Gasteiger partial charge in [0, 0.05) is 37.8 Å². The molecule has 1 amide bonds. The maximum atomic E-state index is 11.9. The van der Waals surface area contributed by atoms with Crippen LogP contribution in [0, 0.1) is 5.92 Å². The lowest BCUT2D eigenvalue weighted by molar-refractivity contribution is -0.121. The van der Waals surface area contributed by atoms with Crippen LogP contribution in [-0.4, -0.2) is 61.1 Å².